The summed E-state index contributed by atoms with van der Waals surface area (Å²) in [6, 6.07) is 8.10. The van der Waals surface area contributed by atoms with Crippen LogP contribution in [0.3, 0.4) is 0 Å². The first-order chi connectivity index (χ1) is 13.0. The van der Waals surface area contributed by atoms with Crippen molar-refractivity contribution in [3.63, 3.8) is 0 Å². The van der Waals surface area contributed by atoms with E-state index in [1.165, 1.54) is 28.7 Å². The van der Waals surface area contributed by atoms with Crippen LogP contribution in [0.2, 0.25) is 0 Å². The minimum absolute atomic E-state index is 0.152. The molecule has 2 aromatic heterocycles. The molecule has 140 valence electrons. The average molecular weight is 401 g/mol. The molecule has 0 spiro atoms. The predicted molar refractivity (Wildman–Crippen MR) is 109 cm³/mol. The van der Waals surface area contributed by atoms with Crippen LogP contribution in [0.4, 0.5) is 5.13 Å². The molecule has 1 aromatic carbocycles. The molecule has 3 rings (SSSR count). The van der Waals surface area contributed by atoms with Gasteiger partial charge in [0.05, 0.1) is 5.25 Å². The molecule has 3 aromatic rings. The fourth-order valence-corrected chi connectivity index (χ4v) is 3.80. The zero-order chi connectivity index (χ0) is 19.4. The minimum Gasteiger partial charge on any atom is -0.300 e. The van der Waals surface area contributed by atoms with E-state index < -0.39 is 0 Å². The topological polar surface area (TPSA) is 85.6 Å². The molecule has 0 aliphatic carbocycles. The number of carbonyl (C=O) groups is 1. The summed E-state index contributed by atoms with van der Waals surface area (Å²) in [5.41, 5.74) is 2.16. The molecule has 0 saturated carbocycles. The third kappa shape index (κ3) is 4.61. The Morgan fingerprint density at radius 1 is 1.26 bits per heavy atom. The van der Waals surface area contributed by atoms with Crippen molar-refractivity contribution in [2.24, 2.45) is 0 Å². The number of aromatic nitrogens is 5. The van der Waals surface area contributed by atoms with Gasteiger partial charge in [0.2, 0.25) is 11.0 Å². The van der Waals surface area contributed by atoms with Gasteiger partial charge < -0.3 is 0 Å². The van der Waals surface area contributed by atoms with Crippen molar-refractivity contribution in [3.05, 3.63) is 47.5 Å². The first-order valence-electron chi connectivity index (χ1n) is 8.36. The lowest BCUT2D eigenvalue weighted by molar-refractivity contribution is -0.115. The van der Waals surface area contributed by atoms with Gasteiger partial charge in [-0.1, -0.05) is 59.0 Å². The fraction of sp³-hybridized carbons (Fsp3) is 0.278. The third-order valence-corrected chi connectivity index (χ3v) is 5.58. The molecule has 0 fully saturated rings. The van der Waals surface area contributed by atoms with E-state index in [9.17, 15) is 4.79 Å². The number of rotatable bonds is 7. The Balaban J connectivity index is 1.78. The first-order valence-corrected chi connectivity index (χ1v) is 10.1. The minimum atomic E-state index is -0.368. The molecule has 1 amide bonds. The molecule has 7 nitrogen and oxygen atoms in total. The van der Waals surface area contributed by atoms with Crippen molar-refractivity contribution in [2.45, 2.75) is 37.7 Å². The number of thioether (sulfide) groups is 1. The number of anilines is 1. The van der Waals surface area contributed by atoms with Crippen molar-refractivity contribution in [2.75, 3.05) is 5.32 Å². The molecule has 0 radical (unpaired) electrons. The van der Waals surface area contributed by atoms with E-state index in [1.807, 2.05) is 49.6 Å². The van der Waals surface area contributed by atoms with Crippen molar-refractivity contribution >= 4 is 34.1 Å². The van der Waals surface area contributed by atoms with Gasteiger partial charge in [-0.3, -0.25) is 14.7 Å². The lowest BCUT2D eigenvalue weighted by Crippen LogP contribution is -2.22. The van der Waals surface area contributed by atoms with Gasteiger partial charge in [-0.15, -0.1) is 27.0 Å². The highest BCUT2D eigenvalue weighted by atomic mass is 32.2. The number of allylic oxidation sites excluding steroid dienone is 1. The zero-order valence-corrected chi connectivity index (χ0v) is 17.0. The molecule has 1 atom stereocenters. The van der Waals surface area contributed by atoms with E-state index in [0.717, 1.165) is 16.4 Å². The summed E-state index contributed by atoms with van der Waals surface area (Å²) < 4.78 is 1.96. The fourth-order valence-electron chi connectivity index (χ4n) is 2.35. The van der Waals surface area contributed by atoms with Crippen molar-refractivity contribution in [3.8, 4) is 11.4 Å². The number of amides is 1. The standard InChI is InChI=1S/C18H20N6OS2/c1-5-10-24-15(14-8-6-11(2)7-9-14)21-23-18(24)26-12(3)16(25)19-17-22-20-13(4)27-17/h5-9,12H,1,10H2,2-4H3,(H,19,22,25)/t12-/m1/s1. The number of carbonyl (C=O) groups excluding carboxylic acids is 1. The highest BCUT2D eigenvalue weighted by Gasteiger charge is 2.21. The Hall–Kier alpha value is -2.52. The zero-order valence-electron chi connectivity index (χ0n) is 15.3. The Morgan fingerprint density at radius 3 is 2.63 bits per heavy atom. The molecule has 0 saturated heterocycles. The largest absolute Gasteiger partial charge is 0.300 e. The monoisotopic (exact) mass is 400 g/mol. The van der Waals surface area contributed by atoms with Crippen LogP contribution in [0.5, 0.6) is 0 Å². The summed E-state index contributed by atoms with van der Waals surface area (Å²) in [4.78, 5) is 12.4. The smallest absolute Gasteiger partial charge is 0.239 e. The maximum atomic E-state index is 12.4. The maximum absolute atomic E-state index is 12.4. The van der Waals surface area contributed by atoms with E-state index in [4.69, 9.17) is 0 Å². The molecule has 0 aliphatic rings. The molecule has 0 aliphatic heterocycles. The second-order valence-corrected chi connectivity index (χ2v) is 8.44. The number of benzene rings is 1. The summed E-state index contributed by atoms with van der Waals surface area (Å²) in [5, 5.41) is 20.8. The third-order valence-electron chi connectivity index (χ3n) is 3.75. The first kappa shape index (κ1) is 19.2. The van der Waals surface area contributed by atoms with Crippen LogP contribution in [0.25, 0.3) is 11.4 Å². The molecule has 1 N–H and O–H groups in total. The Bertz CT molecular complexity index is 947. The van der Waals surface area contributed by atoms with Crippen LogP contribution in [0, 0.1) is 13.8 Å². The van der Waals surface area contributed by atoms with Crippen molar-refractivity contribution in [1.29, 1.82) is 0 Å². The lowest BCUT2D eigenvalue weighted by atomic mass is 10.1. The van der Waals surface area contributed by atoms with Gasteiger partial charge in [-0.05, 0) is 20.8 Å². The molecular weight excluding hydrogens is 380 g/mol. The van der Waals surface area contributed by atoms with Gasteiger partial charge in [0, 0.05) is 12.1 Å². The van der Waals surface area contributed by atoms with E-state index in [-0.39, 0.29) is 11.2 Å². The van der Waals surface area contributed by atoms with Crippen LogP contribution < -0.4 is 5.32 Å². The van der Waals surface area contributed by atoms with E-state index in [1.54, 1.807) is 6.08 Å². The number of hydrogen-bond donors (Lipinski definition) is 1. The Kier molecular flexibility index (Phi) is 6.02. The summed E-state index contributed by atoms with van der Waals surface area (Å²) in [6.45, 7) is 10.1. The predicted octanol–water partition coefficient (Wildman–Crippen LogP) is 3.72. The maximum Gasteiger partial charge on any atom is 0.239 e. The number of nitrogens with one attached hydrogen (secondary N) is 1. The van der Waals surface area contributed by atoms with E-state index >= 15 is 0 Å². The van der Waals surface area contributed by atoms with Gasteiger partial charge in [0.15, 0.2) is 11.0 Å². The summed E-state index contributed by atoms with van der Waals surface area (Å²) in [6.07, 6.45) is 1.79. The number of aryl methyl sites for hydroxylation is 2. The Morgan fingerprint density at radius 2 is 2.00 bits per heavy atom. The molecule has 2 heterocycles. The highest BCUT2D eigenvalue weighted by Crippen LogP contribution is 2.28. The van der Waals surface area contributed by atoms with Crippen LogP contribution in [0.1, 0.15) is 17.5 Å². The SMILES string of the molecule is C=CCn1c(S[C@H](C)C(=O)Nc2nnc(C)s2)nnc1-c1ccc(C)cc1. The lowest BCUT2D eigenvalue weighted by Gasteiger charge is -2.11. The van der Waals surface area contributed by atoms with Crippen LogP contribution in [0.15, 0.2) is 42.1 Å². The van der Waals surface area contributed by atoms with Gasteiger partial charge >= 0.3 is 0 Å². The quantitative estimate of drug-likeness (QED) is 0.481. The molecular formula is C18H20N6OS2. The molecule has 0 unspecified atom stereocenters. The van der Waals surface area contributed by atoms with Crippen LogP contribution >= 0.6 is 23.1 Å². The highest BCUT2D eigenvalue weighted by molar-refractivity contribution is 8.00. The van der Waals surface area contributed by atoms with Gasteiger partial charge in [0.1, 0.15) is 5.01 Å². The summed E-state index contributed by atoms with van der Waals surface area (Å²) in [7, 11) is 0. The van der Waals surface area contributed by atoms with Gasteiger partial charge in [-0.25, -0.2) is 0 Å². The normalized spacial score (nSPS) is 12.0. The Labute approximate surface area is 165 Å². The number of hydrogen-bond acceptors (Lipinski definition) is 7. The number of nitrogens with zero attached hydrogens (tertiary/aromatic N) is 5. The van der Waals surface area contributed by atoms with Gasteiger partial charge in [-0.2, -0.15) is 0 Å². The van der Waals surface area contributed by atoms with Crippen molar-refractivity contribution in [1.82, 2.24) is 25.0 Å². The van der Waals surface area contributed by atoms with Gasteiger partial charge in [0.25, 0.3) is 0 Å². The summed E-state index contributed by atoms with van der Waals surface area (Å²) in [5.74, 6) is 0.603. The molecule has 0 bridgehead atoms. The summed E-state index contributed by atoms with van der Waals surface area (Å²) >= 11 is 2.69. The van der Waals surface area contributed by atoms with Crippen LogP contribution in [-0.2, 0) is 11.3 Å². The molecule has 27 heavy (non-hydrogen) atoms. The van der Waals surface area contributed by atoms with E-state index in [2.05, 4.69) is 32.3 Å². The second-order valence-electron chi connectivity index (χ2n) is 5.95. The van der Waals surface area contributed by atoms with Crippen molar-refractivity contribution < 1.29 is 4.79 Å². The average Bonchev–Trinajstić information content (AvgIpc) is 3.22. The van der Waals surface area contributed by atoms with Crippen LogP contribution in [-0.4, -0.2) is 36.1 Å². The molecule has 9 heteroatoms. The second kappa shape index (κ2) is 8.45. The van der Waals surface area contributed by atoms with E-state index in [0.29, 0.717) is 16.8 Å².